The molecule has 0 spiro atoms. The predicted molar refractivity (Wildman–Crippen MR) is 82.3 cm³/mol. The van der Waals surface area contributed by atoms with Gasteiger partial charge in [0.25, 0.3) is 0 Å². The van der Waals surface area contributed by atoms with E-state index in [0.717, 1.165) is 23.0 Å². The summed E-state index contributed by atoms with van der Waals surface area (Å²) < 4.78 is 0. The van der Waals surface area contributed by atoms with Gasteiger partial charge in [0.1, 0.15) is 17.5 Å². The summed E-state index contributed by atoms with van der Waals surface area (Å²) >= 11 is 0. The molecular formula is C15H25N5. The Morgan fingerprint density at radius 2 is 1.85 bits per heavy atom. The van der Waals surface area contributed by atoms with E-state index in [1.165, 1.54) is 38.8 Å². The van der Waals surface area contributed by atoms with Crippen LogP contribution in [0.15, 0.2) is 0 Å². The van der Waals surface area contributed by atoms with Gasteiger partial charge in [0.05, 0.1) is 0 Å². The summed E-state index contributed by atoms with van der Waals surface area (Å²) in [4.78, 5) is 11.7. The van der Waals surface area contributed by atoms with E-state index in [2.05, 4.69) is 32.4 Å². The van der Waals surface area contributed by atoms with Crippen molar-refractivity contribution in [2.75, 3.05) is 30.8 Å². The third-order valence-electron chi connectivity index (χ3n) is 4.67. The van der Waals surface area contributed by atoms with Crippen molar-refractivity contribution in [3.63, 3.8) is 0 Å². The highest BCUT2D eigenvalue weighted by Gasteiger charge is 2.35. The van der Waals surface area contributed by atoms with Crippen molar-refractivity contribution in [1.29, 1.82) is 0 Å². The molecule has 2 saturated heterocycles. The molecule has 2 atom stereocenters. The van der Waals surface area contributed by atoms with E-state index >= 15 is 0 Å². The quantitative estimate of drug-likeness (QED) is 0.885. The average Bonchev–Trinajstić information content (AvgIpc) is 2.86. The zero-order valence-electron chi connectivity index (χ0n) is 12.7. The van der Waals surface area contributed by atoms with Gasteiger partial charge in [0.2, 0.25) is 0 Å². The lowest BCUT2D eigenvalue weighted by atomic mass is 9.99. The van der Waals surface area contributed by atoms with E-state index < -0.39 is 0 Å². The number of fused-ring (bicyclic) bond motifs is 1. The van der Waals surface area contributed by atoms with Crippen molar-refractivity contribution >= 4 is 11.6 Å². The molecule has 3 heterocycles. The van der Waals surface area contributed by atoms with E-state index in [-0.39, 0.29) is 0 Å². The summed E-state index contributed by atoms with van der Waals surface area (Å²) in [6.07, 6.45) is 5.27. The predicted octanol–water partition coefficient (Wildman–Crippen LogP) is 2.17. The van der Waals surface area contributed by atoms with Crippen LogP contribution in [0.5, 0.6) is 0 Å². The van der Waals surface area contributed by atoms with Crippen LogP contribution in [0.3, 0.4) is 0 Å². The number of nitrogens with zero attached hydrogens (tertiary/aromatic N) is 3. The zero-order chi connectivity index (χ0) is 14.1. The maximum atomic E-state index is 4.60. The molecule has 0 bridgehead atoms. The second-order valence-electron chi connectivity index (χ2n) is 5.98. The lowest BCUT2D eigenvalue weighted by molar-refractivity contribution is 0.192. The highest BCUT2D eigenvalue weighted by atomic mass is 15.2. The van der Waals surface area contributed by atoms with Gasteiger partial charge >= 0.3 is 0 Å². The number of aryl methyl sites for hydroxylation is 1. The Balaban J connectivity index is 1.79. The molecule has 2 aliphatic rings. The lowest BCUT2D eigenvalue weighted by Gasteiger charge is -2.33. The minimum absolute atomic E-state index is 0.535. The van der Waals surface area contributed by atoms with E-state index in [9.17, 15) is 0 Å². The van der Waals surface area contributed by atoms with Gasteiger partial charge in [-0.2, -0.15) is 0 Å². The summed E-state index contributed by atoms with van der Waals surface area (Å²) in [5, 5.41) is 6.85. The smallest absolute Gasteiger partial charge is 0.135 e. The normalized spacial score (nSPS) is 26.4. The van der Waals surface area contributed by atoms with Gasteiger partial charge in [0, 0.05) is 31.2 Å². The number of nitrogens with one attached hydrogen (secondary N) is 2. The SMILES string of the molecule is CNc1nc(C)nc(NC2CCN3CCCCC23)c1C. The zero-order valence-corrected chi connectivity index (χ0v) is 12.7. The highest BCUT2D eigenvalue weighted by Crippen LogP contribution is 2.30. The van der Waals surface area contributed by atoms with Crippen LogP contribution in [-0.4, -0.2) is 47.1 Å². The molecule has 5 nitrogen and oxygen atoms in total. The molecule has 20 heavy (non-hydrogen) atoms. The van der Waals surface area contributed by atoms with Gasteiger partial charge < -0.3 is 10.6 Å². The fraction of sp³-hybridized carbons (Fsp3) is 0.733. The Bertz CT molecular complexity index is 487. The van der Waals surface area contributed by atoms with E-state index in [0.29, 0.717) is 12.1 Å². The van der Waals surface area contributed by atoms with Gasteiger partial charge in [-0.3, -0.25) is 4.90 Å². The molecule has 2 aliphatic heterocycles. The third-order valence-corrected chi connectivity index (χ3v) is 4.67. The Kier molecular flexibility index (Phi) is 3.78. The van der Waals surface area contributed by atoms with Gasteiger partial charge in [-0.1, -0.05) is 6.42 Å². The summed E-state index contributed by atoms with van der Waals surface area (Å²) in [6.45, 7) is 6.53. The van der Waals surface area contributed by atoms with Crippen molar-refractivity contribution < 1.29 is 0 Å². The molecule has 1 aromatic rings. The first-order chi connectivity index (χ1) is 9.69. The fourth-order valence-corrected chi connectivity index (χ4v) is 3.60. The van der Waals surface area contributed by atoms with Crippen molar-refractivity contribution in [3.05, 3.63) is 11.4 Å². The first kappa shape index (κ1) is 13.6. The maximum absolute atomic E-state index is 4.60. The summed E-state index contributed by atoms with van der Waals surface area (Å²) in [6, 6.07) is 1.23. The molecule has 0 radical (unpaired) electrons. The number of anilines is 2. The molecule has 2 unspecified atom stereocenters. The van der Waals surface area contributed by atoms with Crippen LogP contribution in [-0.2, 0) is 0 Å². The molecule has 2 N–H and O–H groups in total. The molecular weight excluding hydrogens is 250 g/mol. The van der Waals surface area contributed by atoms with Gasteiger partial charge in [-0.05, 0) is 39.7 Å². The first-order valence-electron chi connectivity index (χ1n) is 7.72. The Hall–Kier alpha value is -1.36. The highest BCUT2D eigenvalue weighted by molar-refractivity contribution is 5.57. The minimum atomic E-state index is 0.535. The molecule has 5 heteroatoms. The van der Waals surface area contributed by atoms with Gasteiger partial charge in [0.15, 0.2) is 0 Å². The fourth-order valence-electron chi connectivity index (χ4n) is 3.60. The summed E-state index contributed by atoms with van der Waals surface area (Å²) in [5.74, 6) is 2.75. The number of rotatable bonds is 3. The Labute approximate surface area is 121 Å². The van der Waals surface area contributed by atoms with Crippen LogP contribution in [0.1, 0.15) is 37.1 Å². The van der Waals surface area contributed by atoms with E-state index in [1.807, 2.05) is 14.0 Å². The van der Waals surface area contributed by atoms with Crippen LogP contribution in [0, 0.1) is 13.8 Å². The number of piperidine rings is 1. The second-order valence-corrected chi connectivity index (χ2v) is 5.98. The van der Waals surface area contributed by atoms with Crippen LogP contribution >= 0.6 is 0 Å². The van der Waals surface area contributed by atoms with Crippen molar-refractivity contribution in [3.8, 4) is 0 Å². The standard InChI is InChI=1S/C15H25N5/c1-10-14(16-3)17-11(2)18-15(10)19-12-7-9-20-8-5-4-6-13(12)20/h12-13H,4-9H2,1-3H3,(H2,16,17,18,19). The van der Waals surface area contributed by atoms with Gasteiger partial charge in [-0.15, -0.1) is 0 Å². The molecule has 0 aromatic carbocycles. The molecule has 3 rings (SSSR count). The van der Waals surface area contributed by atoms with E-state index in [1.54, 1.807) is 0 Å². The van der Waals surface area contributed by atoms with Crippen LogP contribution in [0.4, 0.5) is 11.6 Å². The lowest BCUT2D eigenvalue weighted by Crippen LogP contribution is -2.42. The molecule has 110 valence electrons. The molecule has 0 aliphatic carbocycles. The van der Waals surface area contributed by atoms with Crippen molar-refractivity contribution in [2.24, 2.45) is 0 Å². The number of hydrogen-bond acceptors (Lipinski definition) is 5. The molecule has 0 amide bonds. The monoisotopic (exact) mass is 275 g/mol. The summed E-state index contributed by atoms with van der Waals surface area (Å²) in [5.41, 5.74) is 1.12. The minimum Gasteiger partial charge on any atom is -0.373 e. The topological polar surface area (TPSA) is 53.1 Å². The largest absolute Gasteiger partial charge is 0.373 e. The molecule has 0 saturated carbocycles. The number of aromatic nitrogens is 2. The van der Waals surface area contributed by atoms with Crippen LogP contribution < -0.4 is 10.6 Å². The van der Waals surface area contributed by atoms with Gasteiger partial charge in [-0.25, -0.2) is 9.97 Å². The number of hydrogen-bond donors (Lipinski definition) is 2. The van der Waals surface area contributed by atoms with Crippen LogP contribution in [0.2, 0.25) is 0 Å². The van der Waals surface area contributed by atoms with Crippen molar-refractivity contribution in [2.45, 2.75) is 51.6 Å². The first-order valence-corrected chi connectivity index (χ1v) is 7.72. The molecule has 1 aromatic heterocycles. The Morgan fingerprint density at radius 3 is 2.65 bits per heavy atom. The average molecular weight is 275 g/mol. The Morgan fingerprint density at radius 1 is 1.05 bits per heavy atom. The van der Waals surface area contributed by atoms with Crippen LogP contribution in [0.25, 0.3) is 0 Å². The summed E-state index contributed by atoms with van der Waals surface area (Å²) in [7, 11) is 1.91. The van der Waals surface area contributed by atoms with Crippen molar-refractivity contribution in [1.82, 2.24) is 14.9 Å². The second kappa shape index (κ2) is 5.56. The van der Waals surface area contributed by atoms with E-state index in [4.69, 9.17) is 0 Å². The molecule has 2 fully saturated rings. The third kappa shape index (κ3) is 2.46. The maximum Gasteiger partial charge on any atom is 0.135 e.